The number of methoxy groups -OCH3 is 1. The van der Waals surface area contributed by atoms with E-state index in [2.05, 4.69) is 10.3 Å². The molecule has 0 radical (unpaired) electrons. The lowest BCUT2D eigenvalue weighted by atomic mass is 10.0. The molecule has 0 saturated heterocycles. The number of rotatable bonds is 4. The van der Waals surface area contributed by atoms with Crippen LogP contribution in [0.2, 0.25) is 0 Å². The lowest BCUT2D eigenvalue weighted by Gasteiger charge is -2.36. The van der Waals surface area contributed by atoms with Gasteiger partial charge in [-0.1, -0.05) is 19.9 Å². The summed E-state index contributed by atoms with van der Waals surface area (Å²) in [5.74, 6) is -0.264. The van der Waals surface area contributed by atoms with Gasteiger partial charge in [0.15, 0.2) is 0 Å². The Kier molecular flexibility index (Phi) is 8.81. The number of hydrogen-bond acceptors (Lipinski definition) is 6. The van der Waals surface area contributed by atoms with Gasteiger partial charge in [-0.05, 0) is 37.3 Å². The Balaban J connectivity index is 1.98. The summed E-state index contributed by atoms with van der Waals surface area (Å²) in [7, 11) is 3.31. The Morgan fingerprint density at radius 2 is 1.97 bits per heavy atom. The van der Waals surface area contributed by atoms with E-state index in [0.717, 1.165) is 0 Å². The van der Waals surface area contributed by atoms with E-state index in [0.29, 0.717) is 42.2 Å². The standard InChI is InChI=1S/C26H34N4O5/c1-6-24(31)28-19-10-11-22-20(13-19)25(32)29(4)15-23(34-5)17(2)14-30(18(3)16-35-22)26(33)21-9-7-8-12-27-21/h7-13,17-18,23H,6,14-16H2,1-5H3,(H,28,31)/t17-,18+,23-/m0/s1. The maximum absolute atomic E-state index is 13.4. The number of pyridine rings is 1. The summed E-state index contributed by atoms with van der Waals surface area (Å²) in [6.07, 6.45) is 1.62. The van der Waals surface area contributed by atoms with Crippen LogP contribution < -0.4 is 10.1 Å². The predicted octanol–water partition coefficient (Wildman–Crippen LogP) is 3.08. The van der Waals surface area contributed by atoms with Crippen LogP contribution in [0, 0.1) is 5.92 Å². The fourth-order valence-corrected chi connectivity index (χ4v) is 4.02. The maximum Gasteiger partial charge on any atom is 0.272 e. The van der Waals surface area contributed by atoms with Gasteiger partial charge in [0.05, 0.1) is 17.7 Å². The first-order valence-electron chi connectivity index (χ1n) is 11.8. The Morgan fingerprint density at radius 3 is 2.63 bits per heavy atom. The van der Waals surface area contributed by atoms with Crippen LogP contribution in [0.3, 0.4) is 0 Å². The number of amides is 3. The molecule has 188 valence electrons. The van der Waals surface area contributed by atoms with Crippen molar-refractivity contribution in [3.05, 3.63) is 53.9 Å². The van der Waals surface area contributed by atoms with Crippen molar-refractivity contribution in [1.82, 2.24) is 14.8 Å². The molecule has 9 heteroatoms. The van der Waals surface area contributed by atoms with Gasteiger partial charge in [-0.3, -0.25) is 19.4 Å². The molecular weight excluding hydrogens is 448 g/mol. The first-order valence-corrected chi connectivity index (χ1v) is 11.8. The first kappa shape index (κ1) is 26.2. The van der Waals surface area contributed by atoms with Gasteiger partial charge in [0.25, 0.3) is 11.8 Å². The molecule has 0 saturated carbocycles. The molecule has 1 aliphatic rings. The van der Waals surface area contributed by atoms with Crippen molar-refractivity contribution in [2.45, 2.75) is 39.3 Å². The minimum Gasteiger partial charge on any atom is -0.491 e. The summed E-state index contributed by atoms with van der Waals surface area (Å²) < 4.78 is 11.8. The topological polar surface area (TPSA) is 101 Å². The molecule has 1 N–H and O–H groups in total. The van der Waals surface area contributed by atoms with Crippen molar-refractivity contribution in [1.29, 1.82) is 0 Å². The van der Waals surface area contributed by atoms with Crippen LogP contribution in [-0.4, -0.2) is 78.5 Å². The van der Waals surface area contributed by atoms with E-state index in [1.54, 1.807) is 73.5 Å². The molecule has 0 unspecified atom stereocenters. The summed E-state index contributed by atoms with van der Waals surface area (Å²) in [5, 5.41) is 2.79. The summed E-state index contributed by atoms with van der Waals surface area (Å²) in [4.78, 5) is 46.2. The number of hydrogen-bond donors (Lipinski definition) is 1. The van der Waals surface area contributed by atoms with E-state index in [1.807, 2.05) is 13.8 Å². The average molecular weight is 483 g/mol. The third-order valence-corrected chi connectivity index (χ3v) is 6.19. The zero-order valence-corrected chi connectivity index (χ0v) is 21.0. The van der Waals surface area contributed by atoms with Crippen LogP contribution in [-0.2, 0) is 9.53 Å². The summed E-state index contributed by atoms with van der Waals surface area (Å²) in [5.41, 5.74) is 1.21. The SMILES string of the molecule is CCC(=O)Nc1ccc2c(c1)C(=O)N(C)C[C@H](OC)[C@@H](C)CN(C(=O)c1ccccn1)[C@H](C)CO2. The molecule has 0 bridgehead atoms. The lowest BCUT2D eigenvalue weighted by Crippen LogP contribution is -2.48. The van der Waals surface area contributed by atoms with Crippen LogP contribution in [0.5, 0.6) is 5.75 Å². The smallest absolute Gasteiger partial charge is 0.272 e. The van der Waals surface area contributed by atoms with Crippen molar-refractivity contribution in [3.8, 4) is 5.75 Å². The van der Waals surface area contributed by atoms with Gasteiger partial charge in [0.1, 0.15) is 18.1 Å². The maximum atomic E-state index is 13.4. The number of likely N-dealkylation sites (N-methyl/N-ethyl adjacent to an activating group) is 1. The van der Waals surface area contributed by atoms with E-state index >= 15 is 0 Å². The quantitative estimate of drug-likeness (QED) is 0.719. The van der Waals surface area contributed by atoms with Crippen LogP contribution >= 0.6 is 0 Å². The van der Waals surface area contributed by atoms with Gasteiger partial charge in [-0.25, -0.2) is 0 Å². The van der Waals surface area contributed by atoms with Crippen LogP contribution in [0.1, 0.15) is 48.0 Å². The third kappa shape index (κ3) is 6.36. The number of anilines is 1. The van der Waals surface area contributed by atoms with E-state index in [-0.39, 0.29) is 42.4 Å². The number of benzene rings is 1. The molecule has 0 spiro atoms. The van der Waals surface area contributed by atoms with Crippen molar-refractivity contribution in [2.24, 2.45) is 5.92 Å². The molecule has 1 aromatic carbocycles. The third-order valence-electron chi connectivity index (χ3n) is 6.19. The fourth-order valence-electron chi connectivity index (χ4n) is 4.02. The minimum atomic E-state index is -0.304. The molecule has 3 amide bonds. The zero-order valence-electron chi connectivity index (χ0n) is 21.0. The highest BCUT2D eigenvalue weighted by Crippen LogP contribution is 2.27. The normalized spacial score (nSPS) is 21.3. The summed E-state index contributed by atoms with van der Waals surface area (Å²) >= 11 is 0. The van der Waals surface area contributed by atoms with Crippen LogP contribution in [0.25, 0.3) is 0 Å². The molecular formula is C26H34N4O5. The molecule has 3 rings (SSSR count). The van der Waals surface area contributed by atoms with Gasteiger partial charge < -0.3 is 24.6 Å². The number of ether oxygens (including phenoxy) is 2. The number of carbonyl (C=O) groups is 3. The fraction of sp³-hybridized carbons (Fsp3) is 0.462. The van der Waals surface area contributed by atoms with E-state index in [4.69, 9.17) is 9.47 Å². The molecule has 0 fully saturated rings. The van der Waals surface area contributed by atoms with Gasteiger partial charge in [0.2, 0.25) is 5.91 Å². The van der Waals surface area contributed by atoms with E-state index in [1.165, 1.54) is 0 Å². The van der Waals surface area contributed by atoms with Gasteiger partial charge in [-0.2, -0.15) is 0 Å². The Hall–Kier alpha value is -3.46. The zero-order chi connectivity index (χ0) is 25.5. The Bertz CT molecular complexity index is 1050. The highest BCUT2D eigenvalue weighted by Gasteiger charge is 2.31. The second-order valence-electron chi connectivity index (χ2n) is 8.88. The average Bonchev–Trinajstić information content (AvgIpc) is 2.88. The molecule has 1 aliphatic heterocycles. The van der Waals surface area contributed by atoms with Crippen molar-refractivity contribution in [3.63, 3.8) is 0 Å². The number of fused-ring (bicyclic) bond motifs is 1. The second kappa shape index (κ2) is 11.8. The molecule has 2 heterocycles. The van der Waals surface area contributed by atoms with Crippen LogP contribution in [0.4, 0.5) is 5.69 Å². The van der Waals surface area contributed by atoms with Crippen molar-refractivity contribution < 1.29 is 23.9 Å². The van der Waals surface area contributed by atoms with Gasteiger partial charge in [0, 0.05) is 51.5 Å². The highest BCUT2D eigenvalue weighted by atomic mass is 16.5. The van der Waals surface area contributed by atoms with Crippen molar-refractivity contribution >= 4 is 23.4 Å². The van der Waals surface area contributed by atoms with Gasteiger partial charge >= 0.3 is 0 Å². The minimum absolute atomic E-state index is 0.0700. The molecule has 3 atom stereocenters. The largest absolute Gasteiger partial charge is 0.491 e. The molecule has 35 heavy (non-hydrogen) atoms. The molecule has 1 aromatic heterocycles. The first-order chi connectivity index (χ1) is 16.7. The molecule has 0 aliphatic carbocycles. The molecule has 9 nitrogen and oxygen atoms in total. The number of carbonyl (C=O) groups excluding carboxylic acids is 3. The molecule has 2 aromatic rings. The monoisotopic (exact) mass is 482 g/mol. The Labute approximate surface area is 206 Å². The van der Waals surface area contributed by atoms with Crippen molar-refractivity contribution in [2.75, 3.05) is 39.2 Å². The van der Waals surface area contributed by atoms with Gasteiger partial charge in [-0.15, -0.1) is 0 Å². The Morgan fingerprint density at radius 1 is 1.20 bits per heavy atom. The summed E-state index contributed by atoms with van der Waals surface area (Å²) in [6.45, 7) is 6.57. The summed E-state index contributed by atoms with van der Waals surface area (Å²) in [6, 6.07) is 9.94. The number of nitrogens with one attached hydrogen (secondary N) is 1. The number of aromatic nitrogens is 1. The van der Waals surface area contributed by atoms with E-state index in [9.17, 15) is 14.4 Å². The van der Waals surface area contributed by atoms with Crippen LogP contribution in [0.15, 0.2) is 42.6 Å². The highest BCUT2D eigenvalue weighted by molar-refractivity contribution is 5.99. The number of nitrogens with zero attached hydrogens (tertiary/aromatic N) is 3. The van der Waals surface area contributed by atoms with E-state index < -0.39 is 0 Å². The second-order valence-corrected chi connectivity index (χ2v) is 8.88. The lowest BCUT2D eigenvalue weighted by molar-refractivity contribution is -0.115. The predicted molar refractivity (Wildman–Crippen MR) is 133 cm³/mol.